The van der Waals surface area contributed by atoms with Crippen molar-refractivity contribution in [2.45, 2.75) is 19.4 Å². The number of aromatic amines is 1. The van der Waals surface area contributed by atoms with E-state index in [1.54, 1.807) is 0 Å². The van der Waals surface area contributed by atoms with Gasteiger partial charge in [-0.25, -0.2) is 4.79 Å². The SMILES string of the molecule is COC(=O)[C@@H](Cc1c[nH]c2c(Br)cccc12)NC(C)=O. The first-order chi connectivity index (χ1) is 9.52. The number of methoxy groups -OCH3 is 1. The maximum absolute atomic E-state index is 11.7. The predicted molar refractivity (Wildman–Crippen MR) is 79.3 cm³/mol. The molecule has 0 fully saturated rings. The summed E-state index contributed by atoms with van der Waals surface area (Å²) in [6, 6.07) is 5.15. The van der Waals surface area contributed by atoms with Crippen LogP contribution in [0.5, 0.6) is 0 Å². The fraction of sp³-hybridized carbons (Fsp3) is 0.286. The molecule has 20 heavy (non-hydrogen) atoms. The van der Waals surface area contributed by atoms with Crippen LogP contribution in [0, 0.1) is 0 Å². The zero-order valence-electron chi connectivity index (χ0n) is 11.2. The molecule has 0 spiro atoms. The Morgan fingerprint density at radius 2 is 2.20 bits per heavy atom. The van der Waals surface area contributed by atoms with Gasteiger partial charge in [0, 0.05) is 29.4 Å². The quantitative estimate of drug-likeness (QED) is 0.839. The van der Waals surface area contributed by atoms with Crippen molar-refractivity contribution in [3.05, 3.63) is 34.4 Å². The molecule has 0 unspecified atom stereocenters. The van der Waals surface area contributed by atoms with Crippen LogP contribution in [0.25, 0.3) is 10.9 Å². The second-order valence-electron chi connectivity index (χ2n) is 4.46. The molecule has 1 heterocycles. The molecule has 0 bridgehead atoms. The first-order valence-corrected chi connectivity index (χ1v) is 6.91. The molecule has 1 aromatic carbocycles. The Labute approximate surface area is 124 Å². The minimum Gasteiger partial charge on any atom is -0.467 e. The molecule has 2 rings (SSSR count). The Balaban J connectivity index is 2.31. The molecule has 0 aliphatic rings. The van der Waals surface area contributed by atoms with Crippen molar-refractivity contribution in [1.29, 1.82) is 0 Å². The highest BCUT2D eigenvalue weighted by Gasteiger charge is 2.22. The number of aromatic nitrogens is 1. The Bertz CT molecular complexity index is 651. The smallest absolute Gasteiger partial charge is 0.328 e. The lowest BCUT2D eigenvalue weighted by Gasteiger charge is -2.14. The van der Waals surface area contributed by atoms with Crippen LogP contribution in [0.3, 0.4) is 0 Å². The van der Waals surface area contributed by atoms with E-state index >= 15 is 0 Å². The molecule has 1 aromatic heterocycles. The van der Waals surface area contributed by atoms with Crippen LogP contribution in [0.1, 0.15) is 12.5 Å². The van der Waals surface area contributed by atoms with Crippen molar-refractivity contribution in [2.75, 3.05) is 7.11 Å². The van der Waals surface area contributed by atoms with E-state index in [0.717, 1.165) is 20.9 Å². The van der Waals surface area contributed by atoms with Crippen molar-refractivity contribution in [2.24, 2.45) is 0 Å². The molecule has 2 aromatic rings. The number of fused-ring (bicyclic) bond motifs is 1. The summed E-state index contributed by atoms with van der Waals surface area (Å²) in [6.45, 7) is 1.38. The number of hydrogen-bond donors (Lipinski definition) is 2. The van der Waals surface area contributed by atoms with E-state index in [-0.39, 0.29) is 5.91 Å². The Morgan fingerprint density at radius 3 is 2.85 bits per heavy atom. The number of carbonyl (C=O) groups excluding carboxylic acids is 2. The highest BCUT2D eigenvalue weighted by Crippen LogP contribution is 2.26. The molecular formula is C14H15BrN2O3. The zero-order valence-corrected chi connectivity index (χ0v) is 12.8. The number of esters is 1. The number of amides is 1. The molecule has 2 N–H and O–H groups in total. The molecule has 1 amide bonds. The molecule has 0 radical (unpaired) electrons. The summed E-state index contributed by atoms with van der Waals surface area (Å²) < 4.78 is 5.68. The molecule has 1 atom stereocenters. The van der Waals surface area contributed by atoms with Crippen LogP contribution in [0.4, 0.5) is 0 Å². The van der Waals surface area contributed by atoms with Crippen molar-refractivity contribution in [3.63, 3.8) is 0 Å². The van der Waals surface area contributed by atoms with Crippen molar-refractivity contribution < 1.29 is 14.3 Å². The number of hydrogen-bond acceptors (Lipinski definition) is 3. The van der Waals surface area contributed by atoms with Crippen LogP contribution in [0.15, 0.2) is 28.9 Å². The van der Waals surface area contributed by atoms with Gasteiger partial charge in [0.1, 0.15) is 6.04 Å². The number of H-pyrrole nitrogens is 1. The van der Waals surface area contributed by atoms with Crippen LogP contribution >= 0.6 is 15.9 Å². The summed E-state index contributed by atoms with van der Waals surface area (Å²) in [5, 5.41) is 3.62. The number of nitrogens with one attached hydrogen (secondary N) is 2. The number of para-hydroxylation sites is 1. The van der Waals surface area contributed by atoms with Gasteiger partial charge in [-0.15, -0.1) is 0 Å². The molecule has 6 heteroatoms. The van der Waals surface area contributed by atoms with Crippen LogP contribution < -0.4 is 5.32 Å². The first kappa shape index (κ1) is 14.6. The second-order valence-corrected chi connectivity index (χ2v) is 5.31. The summed E-state index contributed by atoms with van der Waals surface area (Å²) in [5.74, 6) is -0.717. The summed E-state index contributed by atoms with van der Waals surface area (Å²) in [7, 11) is 1.31. The maximum atomic E-state index is 11.7. The van der Waals surface area contributed by atoms with E-state index < -0.39 is 12.0 Å². The van der Waals surface area contributed by atoms with Crippen LogP contribution in [-0.2, 0) is 20.7 Å². The van der Waals surface area contributed by atoms with Gasteiger partial charge < -0.3 is 15.0 Å². The van der Waals surface area contributed by atoms with Gasteiger partial charge in [-0.3, -0.25) is 4.79 Å². The highest BCUT2D eigenvalue weighted by atomic mass is 79.9. The maximum Gasteiger partial charge on any atom is 0.328 e. The Kier molecular flexibility index (Phi) is 4.44. The fourth-order valence-electron chi connectivity index (χ4n) is 2.15. The summed E-state index contributed by atoms with van der Waals surface area (Å²) >= 11 is 3.47. The van der Waals surface area contributed by atoms with Gasteiger partial charge in [-0.05, 0) is 27.6 Å². The number of carbonyl (C=O) groups is 2. The van der Waals surface area contributed by atoms with Gasteiger partial charge in [0.15, 0.2) is 0 Å². The Hall–Kier alpha value is -1.82. The van der Waals surface area contributed by atoms with E-state index in [0.29, 0.717) is 6.42 Å². The predicted octanol–water partition coefficient (Wildman–Crippen LogP) is 2.15. The third-order valence-electron chi connectivity index (χ3n) is 3.04. The third kappa shape index (κ3) is 3.01. The molecule has 106 valence electrons. The van der Waals surface area contributed by atoms with Gasteiger partial charge in [-0.1, -0.05) is 12.1 Å². The van der Waals surface area contributed by atoms with Crippen LogP contribution in [-0.4, -0.2) is 30.0 Å². The number of benzene rings is 1. The second kappa shape index (κ2) is 6.09. The summed E-state index contributed by atoms with van der Waals surface area (Å²) in [5.41, 5.74) is 1.92. The van der Waals surface area contributed by atoms with Gasteiger partial charge in [0.2, 0.25) is 5.91 Å². The van der Waals surface area contributed by atoms with Gasteiger partial charge in [0.25, 0.3) is 0 Å². The van der Waals surface area contributed by atoms with Crippen molar-refractivity contribution >= 4 is 38.7 Å². The first-order valence-electron chi connectivity index (χ1n) is 6.12. The molecule has 0 aliphatic heterocycles. The van der Waals surface area contributed by atoms with E-state index in [1.165, 1.54) is 14.0 Å². The standard InChI is InChI=1S/C14H15BrN2O3/c1-8(18)17-12(14(19)20-2)6-9-7-16-13-10(9)4-3-5-11(13)15/h3-5,7,12,16H,6H2,1-2H3,(H,17,18)/t12-/m1/s1. The fourth-order valence-corrected chi connectivity index (χ4v) is 2.63. The molecule has 0 saturated carbocycles. The minimum atomic E-state index is -0.685. The largest absolute Gasteiger partial charge is 0.467 e. The zero-order chi connectivity index (χ0) is 14.7. The molecule has 0 saturated heterocycles. The van der Waals surface area contributed by atoms with Crippen LogP contribution in [0.2, 0.25) is 0 Å². The van der Waals surface area contributed by atoms with E-state index in [1.807, 2.05) is 24.4 Å². The molecular weight excluding hydrogens is 324 g/mol. The van der Waals surface area contributed by atoms with Crippen molar-refractivity contribution in [3.8, 4) is 0 Å². The Morgan fingerprint density at radius 1 is 1.45 bits per heavy atom. The molecule has 0 aliphatic carbocycles. The molecule has 5 nitrogen and oxygen atoms in total. The average Bonchev–Trinajstić information content (AvgIpc) is 2.81. The topological polar surface area (TPSA) is 71.2 Å². The lowest BCUT2D eigenvalue weighted by Crippen LogP contribution is -2.41. The lowest BCUT2D eigenvalue weighted by atomic mass is 10.0. The number of halogens is 1. The van der Waals surface area contributed by atoms with Gasteiger partial charge >= 0.3 is 5.97 Å². The average molecular weight is 339 g/mol. The summed E-state index contributed by atoms with van der Waals surface area (Å²) in [4.78, 5) is 26.1. The van der Waals surface area contributed by atoms with Crippen molar-refractivity contribution in [1.82, 2.24) is 10.3 Å². The number of rotatable bonds is 4. The lowest BCUT2D eigenvalue weighted by molar-refractivity contribution is -0.144. The summed E-state index contributed by atoms with van der Waals surface area (Å²) in [6.07, 6.45) is 2.22. The number of ether oxygens (including phenoxy) is 1. The van der Waals surface area contributed by atoms with Gasteiger partial charge in [-0.2, -0.15) is 0 Å². The van der Waals surface area contributed by atoms with E-state index in [4.69, 9.17) is 4.74 Å². The normalized spacial score (nSPS) is 12.2. The van der Waals surface area contributed by atoms with E-state index in [9.17, 15) is 9.59 Å². The minimum absolute atomic E-state index is 0.263. The van der Waals surface area contributed by atoms with E-state index in [2.05, 4.69) is 26.2 Å². The van der Waals surface area contributed by atoms with Gasteiger partial charge in [0.05, 0.1) is 12.6 Å². The highest BCUT2D eigenvalue weighted by molar-refractivity contribution is 9.10. The third-order valence-corrected chi connectivity index (χ3v) is 3.70. The monoisotopic (exact) mass is 338 g/mol.